The van der Waals surface area contributed by atoms with E-state index in [-0.39, 0.29) is 12.1 Å². The Morgan fingerprint density at radius 1 is 1.54 bits per heavy atom. The molecule has 0 bridgehead atoms. The molecule has 0 aromatic carbocycles. The van der Waals surface area contributed by atoms with Gasteiger partial charge in [0.05, 0.1) is 6.61 Å². The lowest BCUT2D eigenvalue weighted by molar-refractivity contribution is 0.157. The van der Waals surface area contributed by atoms with Crippen molar-refractivity contribution in [3.05, 3.63) is 0 Å². The van der Waals surface area contributed by atoms with Crippen LogP contribution in [0.4, 0.5) is 0 Å². The van der Waals surface area contributed by atoms with Crippen molar-refractivity contribution in [2.45, 2.75) is 37.8 Å². The number of nitrogens with zero attached hydrogens (tertiary/aromatic N) is 1. The van der Waals surface area contributed by atoms with E-state index in [1.165, 1.54) is 12.8 Å². The molecule has 0 radical (unpaired) electrons. The van der Waals surface area contributed by atoms with Crippen LogP contribution in [0.3, 0.4) is 0 Å². The fourth-order valence-electron chi connectivity index (χ4n) is 1.40. The fraction of sp³-hybridized carbons (Fsp3) is 1.00. The van der Waals surface area contributed by atoms with Crippen molar-refractivity contribution in [3.8, 4) is 0 Å². The van der Waals surface area contributed by atoms with Gasteiger partial charge in [0, 0.05) is 11.6 Å². The van der Waals surface area contributed by atoms with Crippen LogP contribution in [0.1, 0.15) is 26.2 Å². The Labute approximate surface area is 81.1 Å². The molecule has 0 spiro atoms. The van der Waals surface area contributed by atoms with Gasteiger partial charge >= 0.3 is 0 Å². The zero-order chi connectivity index (χ0) is 9.90. The van der Waals surface area contributed by atoms with Gasteiger partial charge in [-0.3, -0.25) is 0 Å². The third kappa shape index (κ3) is 3.25. The maximum Gasteiger partial charge on any atom is 0.0610 e. The Kier molecular flexibility index (Phi) is 3.71. The summed E-state index contributed by atoms with van der Waals surface area (Å²) in [5.41, 5.74) is -0.108. The first kappa shape index (κ1) is 11.0. The maximum absolute atomic E-state index is 9.17. The van der Waals surface area contributed by atoms with E-state index in [1.807, 2.05) is 7.05 Å². The van der Waals surface area contributed by atoms with Gasteiger partial charge in [0.2, 0.25) is 0 Å². The normalized spacial score (nSPS) is 21.9. The molecule has 0 saturated heterocycles. The number of aliphatic hydroxyl groups excluding tert-OH is 1. The largest absolute Gasteiger partial charge is 0.394 e. The summed E-state index contributed by atoms with van der Waals surface area (Å²) in [6, 6.07) is 0.819. The van der Waals surface area contributed by atoms with Gasteiger partial charge in [0.15, 0.2) is 0 Å². The van der Waals surface area contributed by atoms with Gasteiger partial charge < -0.3 is 15.3 Å². The van der Waals surface area contributed by atoms with E-state index < -0.39 is 0 Å². The zero-order valence-corrected chi connectivity index (χ0v) is 9.01. The molecule has 13 heavy (non-hydrogen) atoms. The Morgan fingerprint density at radius 2 is 2.15 bits per heavy atom. The van der Waals surface area contributed by atoms with Crippen LogP contribution in [0.15, 0.2) is 0 Å². The van der Waals surface area contributed by atoms with Crippen molar-refractivity contribution in [1.29, 1.82) is 0 Å². The van der Waals surface area contributed by atoms with Crippen LogP contribution in [0.2, 0.25) is 0 Å². The minimum Gasteiger partial charge on any atom is -0.394 e. The predicted octanol–water partition coefficient (Wildman–Crippen LogP) is 0.441. The summed E-state index contributed by atoms with van der Waals surface area (Å²) in [5.74, 6) is 0. The Bertz CT molecular complexity index is 153. The summed E-state index contributed by atoms with van der Waals surface area (Å²) >= 11 is 0. The van der Waals surface area contributed by atoms with Crippen molar-refractivity contribution in [2.75, 3.05) is 27.2 Å². The van der Waals surface area contributed by atoms with Gasteiger partial charge in [-0.05, 0) is 46.8 Å². The first-order valence-corrected chi connectivity index (χ1v) is 5.11. The van der Waals surface area contributed by atoms with Crippen LogP contribution in [-0.4, -0.2) is 48.8 Å². The average Bonchev–Trinajstić information content (AvgIpc) is 2.97. The third-order valence-corrected chi connectivity index (χ3v) is 3.14. The predicted molar refractivity (Wildman–Crippen MR) is 54.8 cm³/mol. The van der Waals surface area contributed by atoms with Crippen molar-refractivity contribution in [3.63, 3.8) is 0 Å². The van der Waals surface area contributed by atoms with Crippen molar-refractivity contribution < 1.29 is 5.11 Å². The molecular weight excluding hydrogens is 164 g/mol. The van der Waals surface area contributed by atoms with Crippen LogP contribution in [0.25, 0.3) is 0 Å². The highest BCUT2D eigenvalue weighted by Gasteiger charge is 2.28. The van der Waals surface area contributed by atoms with Gasteiger partial charge in [-0.2, -0.15) is 0 Å². The summed E-state index contributed by atoms with van der Waals surface area (Å²) in [4.78, 5) is 2.39. The molecule has 1 aliphatic carbocycles. The average molecular weight is 186 g/mol. The van der Waals surface area contributed by atoms with Crippen LogP contribution >= 0.6 is 0 Å². The topological polar surface area (TPSA) is 35.5 Å². The smallest absolute Gasteiger partial charge is 0.0610 e. The SMILES string of the molecule is CNC(C)(CO)CCN(C)C1CC1. The minimum absolute atomic E-state index is 0.108. The van der Waals surface area contributed by atoms with E-state index in [9.17, 15) is 5.11 Å². The number of rotatable bonds is 6. The molecule has 0 heterocycles. The molecule has 0 amide bonds. The Balaban J connectivity index is 2.22. The minimum atomic E-state index is -0.108. The molecule has 1 aliphatic rings. The monoisotopic (exact) mass is 186 g/mol. The Morgan fingerprint density at radius 3 is 2.54 bits per heavy atom. The molecule has 1 rings (SSSR count). The van der Waals surface area contributed by atoms with Gasteiger partial charge in [-0.1, -0.05) is 0 Å². The van der Waals surface area contributed by atoms with Crippen molar-refractivity contribution in [1.82, 2.24) is 10.2 Å². The number of aliphatic hydroxyl groups is 1. The summed E-state index contributed by atoms with van der Waals surface area (Å²) in [6.45, 7) is 3.35. The number of nitrogens with one attached hydrogen (secondary N) is 1. The molecule has 0 aromatic heterocycles. The molecular formula is C10H22N2O. The summed E-state index contributed by atoms with van der Waals surface area (Å²) in [7, 11) is 4.08. The van der Waals surface area contributed by atoms with Gasteiger partial charge in [0.25, 0.3) is 0 Å². The second kappa shape index (κ2) is 4.40. The standard InChI is InChI=1S/C10H22N2O/c1-10(8-13,11-2)6-7-12(3)9-4-5-9/h9,11,13H,4-8H2,1-3H3. The number of hydrogen-bond donors (Lipinski definition) is 2. The van der Waals surface area contributed by atoms with Crippen LogP contribution in [0, 0.1) is 0 Å². The quantitative estimate of drug-likeness (QED) is 0.632. The maximum atomic E-state index is 9.17. The van der Waals surface area contributed by atoms with Gasteiger partial charge in [-0.25, -0.2) is 0 Å². The van der Waals surface area contributed by atoms with E-state index in [4.69, 9.17) is 0 Å². The highest BCUT2D eigenvalue weighted by Crippen LogP contribution is 2.25. The van der Waals surface area contributed by atoms with Crippen LogP contribution in [0.5, 0.6) is 0 Å². The molecule has 1 unspecified atom stereocenters. The second-order valence-corrected chi connectivity index (χ2v) is 4.43. The van der Waals surface area contributed by atoms with E-state index in [2.05, 4.69) is 24.2 Å². The Hall–Kier alpha value is -0.120. The van der Waals surface area contributed by atoms with Crippen LogP contribution in [-0.2, 0) is 0 Å². The molecule has 3 heteroatoms. The molecule has 1 atom stereocenters. The lowest BCUT2D eigenvalue weighted by atomic mass is 9.99. The molecule has 0 aliphatic heterocycles. The van der Waals surface area contributed by atoms with E-state index >= 15 is 0 Å². The highest BCUT2D eigenvalue weighted by atomic mass is 16.3. The lowest BCUT2D eigenvalue weighted by Gasteiger charge is -2.29. The summed E-state index contributed by atoms with van der Waals surface area (Å²) < 4.78 is 0. The first-order chi connectivity index (χ1) is 6.11. The molecule has 78 valence electrons. The van der Waals surface area contributed by atoms with Crippen LogP contribution < -0.4 is 5.32 Å². The van der Waals surface area contributed by atoms with E-state index in [1.54, 1.807) is 0 Å². The molecule has 2 N–H and O–H groups in total. The fourth-order valence-corrected chi connectivity index (χ4v) is 1.40. The van der Waals surface area contributed by atoms with E-state index in [0.29, 0.717) is 0 Å². The van der Waals surface area contributed by atoms with Crippen molar-refractivity contribution >= 4 is 0 Å². The molecule has 1 fully saturated rings. The second-order valence-electron chi connectivity index (χ2n) is 4.43. The first-order valence-electron chi connectivity index (χ1n) is 5.11. The zero-order valence-electron chi connectivity index (χ0n) is 9.01. The third-order valence-electron chi connectivity index (χ3n) is 3.14. The molecule has 1 saturated carbocycles. The van der Waals surface area contributed by atoms with Gasteiger partial charge in [0.1, 0.15) is 0 Å². The van der Waals surface area contributed by atoms with Crippen molar-refractivity contribution in [2.24, 2.45) is 0 Å². The number of hydrogen-bond acceptors (Lipinski definition) is 3. The van der Waals surface area contributed by atoms with E-state index in [0.717, 1.165) is 19.0 Å². The number of likely N-dealkylation sites (N-methyl/N-ethyl adjacent to an activating group) is 1. The lowest BCUT2D eigenvalue weighted by Crippen LogP contribution is -2.45. The highest BCUT2D eigenvalue weighted by molar-refractivity contribution is 4.86. The summed E-state index contributed by atoms with van der Waals surface area (Å²) in [6.07, 6.45) is 3.71. The summed E-state index contributed by atoms with van der Waals surface area (Å²) in [5, 5.41) is 12.3. The molecule has 3 nitrogen and oxygen atoms in total. The van der Waals surface area contributed by atoms with Gasteiger partial charge in [-0.15, -0.1) is 0 Å². The molecule has 0 aromatic rings.